The molecule has 0 saturated carbocycles. The van der Waals surface area contributed by atoms with E-state index in [1.165, 1.54) is 10.9 Å². The van der Waals surface area contributed by atoms with Gasteiger partial charge in [0.2, 0.25) is 0 Å². The molecule has 0 aliphatic rings. The third-order valence-corrected chi connectivity index (χ3v) is 3.97. The van der Waals surface area contributed by atoms with E-state index in [2.05, 4.69) is 16.2 Å². The number of rotatable bonds is 3. The Balaban J connectivity index is 2.20. The molecule has 0 amide bonds. The van der Waals surface area contributed by atoms with Crippen molar-refractivity contribution in [2.75, 3.05) is 0 Å². The van der Waals surface area contributed by atoms with Crippen molar-refractivity contribution in [2.24, 2.45) is 0 Å². The van der Waals surface area contributed by atoms with Gasteiger partial charge in [0.05, 0.1) is 34.1 Å². The summed E-state index contributed by atoms with van der Waals surface area (Å²) in [5.41, 5.74) is 1.13. The third-order valence-electron chi connectivity index (χ3n) is 3.67. The smallest absolute Gasteiger partial charge is 0.267 e. The van der Waals surface area contributed by atoms with E-state index in [0.29, 0.717) is 12.2 Å². The number of halogens is 1. The zero-order valence-corrected chi connectivity index (χ0v) is 13.2. The lowest BCUT2D eigenvalue weighted by atomic mass is 9.97. The molecule has 0 aliphatic heterocycles. The standard InChI is InChI=1S/C17H13ClN4O/c1-2-22-17(23)16(13(18)10-20-22)12(9-19)15-8-7-11-5-3-4-6-14(11)21-15/h3-8,10,12H,2H2,1H3. The van der Waals surface area contributed by atoms with E-state index in [-0.39, 0.29) is 16.1 Å². The van der Waals surface area contributed by atoms with Gasteiger partial charge in [-0.05, 0) is 19.1 Å². The predicted molar refractivity (Wildman–Crippen MR) is 88.4 cm³/mol. The molecule has 1 aromatic carbocycles. The largest absolute Gasteiger partial charge is 0.273 e. The van der Waals surface area contributed by atoms with Gasteiger partial charge >= 0.3 is 0 Å². The molecular formula is C17H13ClN4O. The van der Waals surface area contributed by atoms with Gasteiger partial charge in [-0.3, -0.25) is 9.78 Å². The maximum Gasteiger partial charge on any atom is 0.273 e. The highest BCUT2D eigenvalue weighted by molar-refractivity contribution is 6.31. The zero-order chi connectivity index (χ0) is 16.4. The monoisotopic (exact) mass is 324 g/mol. The first-order valence-electron chi connectivity index (χ1n) is 7.16. The highest BCUT2D eigenvalue weighted by atomic mass is 35.5. The van der Waals surface area contributed by atoms with Gasteiger partial charge in [-0.25, -0.2) is 4.68 Å². The van der Waals surface area contributed by atoms with Crippen molar-refractivity contribution in [2.45, 2.75) is 19.4 Å². The number of aromatic nitrogens is 3. The summed E-state index contributed by atoms with van der Waals surface area (Å²) in [5, 5.41) is 14.7. The summed E-state index contributed by atoms with van der Waals surface area (Å²) < 4.78 is 1.28. The molecule has 0 saturated heterocycles. The van der Waals surface area contributed by atoms with E-state index in [4.69, 9.17) is 11.6 Å². The van der Waals surface area contributed by atoms with Crippen LogP contribution in [0.3, 0.4) is 0 Å². The minimum Gasteiger partial charge on any atom is -0.267 e. The van der Waals surface area contributed by atoms with Gasteiger partial charge in [-0.15, -0.1) is 0 Å². The average Bonchev–Trinajstić information content (AvgIpc) is 2.58. The van der Waals surface area contributed by atoms with E-state index in [0.717, 1.165) is 10.9 Å². The molecule has 0 bridgehead atoms. The van der Waals surface area contributed by atoms with Crippen molar-refractivity contribution in [3.8, 4) is 6.07 Å². The molecule has 0 N–H and O–H groups in total. The number of aryl methyl sites for hydroxylation is 1. The van der Waals surface area contributed by atoms with Crippen LogP contribution < -0.4 is 5.56 Å². The van der Waals surface area contributed by atoms with Crippen LogP contribution >= 0.6 is 11.6 Å². The van der Waals surface area contributed by atoms with Crippen molar-refractivity contribution in [3.05, 3.63) is 69.2 Å². The van der Waals surface area contributed by atoms with Crippen LogP contribution in [0.25, 0.3) is 10.9 Å². The van der Waals surface area contributed by atoms with Gasteiger partial charge in [0, 0.05) is 11.9 Å². The fourth-order valence-electron chi connectivity index (χ4n) is 2.49. The predicted octanol–water partition coefficient (Wildman–Crippen LogP) is 3.12. The Morgan fingerprint density at radius 1 is 1.30 bits per heavy atom. The number of hydrogen-bond donors (Lipinski definition) is 0. The highest BCUT2D eigenvalue weighted by Crippen LogP contribution is 2.26. The van der Waals surface area contributed by atoms with Crippen LogP contribution in [-0.2, 0) is 6.54 Å². The van der Waals surface area contributed by atoms with E-state index >= 15 is 0 Å². The number of hydrogen-bond acceptors (Lipinski definition) is 4. The van der Waals surface area contributed by atoms with Gasteiger partial charge in [-0.1, -0.05) is 35.9 Å². The second-order valence-electron chi connectivity index (χ2n) is 5.02. The molecule has 2 aromatic heterocycles. The van der Waals surface area contributed by atoms with E-state index < -0.39 is 5.92 Å². The molecule has 0 spiro atoms. The molecule has 0 fully saturated rings. The first-order chi connectivity index (χ1) is 11.2. The number of nitrogens with zero attached hydrogens (tertiary/aromatic N) is 4. The fourth-order valence-corrected chi connectivity index (χ4v) is 2.72. The Morgan fingerprint density at radius 2 is 2.09 bits per heavy atom. The molecule has 3 aromatic rings. The Kier molecular flexibility index (Phi) is 4.09. The molecule has 3 rings (SSSR count). The molecule has 2 heterocycles. The second-order valence-corrected chi connectivity index (χ2v) is 5.43. The van der Waals surface area contributed by atoms with Crippen LogP contribution in [-0.4, -0.2) is 14.8 Å². The van der Waals surface area contributed by atoms with E-state index in [1.807, 2.05) is 37.3 Å². The Bertz CT molecular complexity index is 974. The summed E-state index contributed by atoms with van der Waals surface area (Å²) in [6.07, 6.45) is 1.40. The summed E-state index contributed by atoms with van der Waals surface area (Å²) in [5.74, 6) is -0.833. The van der Waals surface area contributed by atoms with E-state index in [9.17, 15) is 10.1 Å². The SMILES string of the molecule is CCn1ncc(Cl)c(C(C#N)c2ccc3ccccc3n2)c1=O. The molecule has 0 aliphatic carbocycles. The minimum atomic E-state index is -0.833. The maximum absolute atomic E-state index is 12.5. The van der Waals surface area contributed by atoms with Crippen LogP contribution in [0.15, 0.2) is 47.4 Å². The summed E-state index contributed by atoms with van der Waals surface area (Å²) in [6.45, 7) is 2.22. The lowest BCUT2D eigenvalue weighted by Gasteiger charge is -2.12. The van der Waals surface area contributed by atoms with Crippen molar-refractivity contribution in [1.82, 2.24) is 14.8 Å². The highest BCUT2D eigenvalue weighted by Gasteiger charge is 2.23. The fraction of sp³-hybridized carbons (Fsp3) is 0.176. The van der Waals surface area contributed by atoms with Gasteiger partial charge in [0.15, 0.2) is 0 Å². The number of para-hydroxylation sites is 1. The molecule has 1 unspecified atom stereocenters. The molecule has 23 heavy (non-hydrogen) atoms. The quantitative estimate of drug-likeness (QED) is 0.742. The molecule has 6 heteroatoms. The van der Waals surface area contributed by atoms with Gasteiger partial charge in [0.25, 0.3) is 5.56 Å². The first-order valence-corrected chi connectivity index (χ1v) is 7.54. The normalized spacial score (nSPS) is 12.0. The Morgan fingerprint density at radius 3 is 2.83 bits per heavy atom. The second kappa shape index (κ2) is 6.19. The lowest BCUT2D eigenvalue weighted by Crippen LogP contribution is -2.27. The zero-order valence-electron chi connectivity index (χ0n) is 12.4. The number of fused-ring (bicyclic) bond motifs is 1. The Labute approximate surface area is 137 Å². The van der Waals surface area contributed by atoms with Crippen LogP contribution in [0, 0.1) is 11.3 Å². The lowest BCUT2D eigenvalue weighted by molar-refractivity contribution is 0.605. The first kappa shape index (κ1) is 15.2. The van der Waals surface area contributed by atoms with Crippen LogP contribution in [0.5, 0.6) is 0 Å². The molecule has 5 nitrogen and oxygen atoms in total. The van der Waals surface area contributed by atoms with Crippen molar-refractivity contribution in [3.63, 3.8) is 0 Å². The Hall–Kier alpha value is -2.71. The summed E-state index contributed by atoms with van der Waals surface area (Å²) in [4.78, 5) is 17.0. The summed E-state index contributed by atoms with van der Waals surface area (Å²) in [7, 11) is 0. The summed E-state index contributed by atoms with van der Waals surface area (Å²) in [6, 6.07) is 13.4. The number of nitriles is 1. The topological polar surface area (TPSA) is 71.6 Å². The summed E-state index contributed by atoms with van der Waals surface area (Å²) >= 11 is 6.15. The van der Waals surface area contributed by atoms with Crippen LogP contribution in [0.2, 0.25) is 5.02 Å². The van der Waals surface area contributed by atoms with Gasteiger partial charge in [0.1, 0.15) is 5.92 Å². The van der Waals surface area contributed by atoms with Crippen LogP contribution in [0.1, 0.15) is 24.1 Å². The maximum atomic E-state index is 12.5. The van der Waals surface area contributed by atoms with Crippen LogP contribution in [0.4, 0.5) is 0 Å². The minimum absolute atomic E-state index is 0.182. The van der Waals surface area contributed by atoms with Crippen molar-refractivity contribution in [1.29, 1.82) is 5.26 Å². The van der Waals surface area contributed by atoms with Crippen molar-refractivity contribution >= 4 is 22.5 Å². The van der Waals surface area contributed by atoms with Gasteiger partial charge in [-0.2, -0.15) is 10.4 Å². The molecular weight excluding hydrogens is 312 g/mol. The van der Waals surface area contributed by atoms with Gasteiger partial charge < -0.3 is 0 Å². The molecule has 1 atom stereocenters. The average molecular weight is 325 g/mol. The third kappa shape index (κ3) is 2.69. The number of pyridine rings is 1. The number of benzene rings is 1. The van der Waals surface area contributed by atoms with Crippen molar-refractivity contribution < 1.29 is 0 Å². The molecule has 114 valence electrons. The van der Waals surface area contributed by atoms with E-state index in [1.54, 1.807) is 6.07 Å². The molecule has 0 radical (unpaired) electrons.